The molecule has 0 N–H and O–H groups in total. The number of carbonyl (C=O) groups is 2. The van der Waals surface area contributed by atoms with Gasteiger partial charge < -0.3 is 14.2 Å². The monoisotopic (exact) mass is 485 g/mol. The Hall–Kier alpha value is -2.84. The molecule has 0 unspecified atom stereocenters. The molecule has 8 heteroatoms. The van der Waals surface area contributed by atoms with Crippen LogP contribution in [0.1, 0.15) is 30.9 Å². The quantitative estimate of drug-likeness (QED) is 0.256. The van der Waals surface area contributed by atoms with Crippen LogP contribution >= 0.6 is 24.0 Å². The molecule has 0 saturated carbocycles. The highest BCUT2D eigenvalue weighted by molar-refractivity contribution is 8.26. The first kappa shape index (κ1) is 24.8. The maximum Gasteiger partial charge on any atom is 0.305 e. The number of rotatable bonds is 11. The molecule has 2 aromatic rings. The molecule has 1 saturated heterocycles. The summed E-state index contributed by atoms with van der Waals surface area (Å²) in [4.78, 5) is 26.2. The van der Waals surface area contributed by atoms with Gasteiger partial charge in [-0.25, -0.2) is 0 Å². The summed E-state index contributed by atoms with van der Waals surface area (Å²) >= 11 is 6.62. The number of thioether (sulfide) groups is 1. The number of amides is 1. The Morgan fingerprint density at radius 2 is 1.91 bits per heavy atom. The summed E-state index contributed by atoms with van der Waals surface area (Å²) in [6.07, 6.45) is 3.34. The van der Waals surface area contributed by atoms with Gasteiger partial charge in [-0.05, 0) is 42.7 Å². The number of benzene rings is 2. The van der Waals surface area contributed by atoms with Crippen LogP contribution in [0.5, 0.6) is 11.5 Å². The van der Waals surface area contributed by atoms with E-state index in [2.05, 4.69) is 16.9 Å². The zero-order valence-corrected chi connectivity index (χ0v) is 20.4. The topological polar surface area (TPSA) is 65.1 Å². The van der Waals surface area contributed by atoms with E-state index in [0.29, 0.717) is 46.9 Å². The molecule has 0 radical (unpaired) electrons. The van der Waals surface area contributed by atoms with E-state index in [0.717, 1.165) is 12.0 Å². The van der Waals surface area contributed by atoms with Gasteiger partial charge in [0, 0.05) is 19.4 Å². The van der Waals surface area contributed by atoms with Gasteiger partial charge in [-0.15, -0.1) is 0 Å². The molecule has 1 fully saturated rings. The second-order valence-corrected chi connectivity index (χ2v) is 8.91. The average Bonchev–Trinajstić information content (AvgIpc) is 3.08. The highest BCUT2D eigenvalue weighted by atomic mass is 32.2. The number of thiocarbonyl (C=S) groups is 1. The Morgan fingerprint density at radius 3 is 2.64 bits per heavy atom. The molecule has 1 heterocycles. The summed E-state index contributed by atoms with van der Waals surface area (Å²) in [5.74, 6) is 0.842. The molecule has 0 atom stereocenters. The van der Waals surface area contributed by atoms with E-state index in [1.807, 2.05) is 43.3 Å². The lowest BCUT2D eigenvalue weighted by Crippen LogP contribution is -2.29. The zero-order valence-electron chi connectivity index (χ0n) is 18.7. The van der Waals surface area contributed by atoms with Crippen molar-refractivity contribution >= 4 is 46.3 Å². The summed E-state index contributed by atoms with van der Waals surface area (Å²) in [5.41, 5.74) is 2.03. The predicted octanol–water partition coefficient (Wildman–Crippen LogP) is 4.86. The van der Waals surface area contributed by atoms with Gasteiger partial charge in [-0.2, -0.15) is 0 Å². The van der Waals surface area contributed by atoms with E-state index in [4.69, 9.17) is 21.7 Å². The molecule has 0 bridgehead atoms. The molecule has 33 heavy (non-hydrogen) atoms. The molecule has 6 nitrogen and oxygen atoms in total. The van der Waals surface area contributed by atoms with Crippen molar-refractivity contribution in [2.45, 2.75) is 26.2 Å². The molecule has 3 rings (SSSR count). The first-order valence-corrected chi connectivity index (χ1v) is 12.0. The van der Waals surface area contributed by atoms with Crippen LogP contribution in [0.4, 0.5) is 0 Å². The Morgan fingerprint density at radius 1 is 1.12 bits per heavy atom. The van der Waals surface area contributed by atoms with Gasteiger partial charge in [0.2, 0.25) is 0 Å². The van der Waals surface area contributed by atoms with Crippen LogP contribution in [0.2, 0.25) is 0 Å². The van der Waals surface area contributed by atoms with Crippen LogP contribution in [0.25, 0.3) is 6.08 Å². The molecule has 0 aromatic heterocycles. The van der Waals surface area contributed by atoms with E-state index >= 15 is 0 Å². The predicted molar refractivity (Wildman–Crippen MR) is 134 cm³/mol. The third-order valence-corrected chi connectivity index (χ3v) is 6.30. The average molecular weight is 486 g/mol. The van der Waals surface area contributed by atoms with Crippen LogP contribution in [0.3, 0.4) is 0 Å². The zero-order chi connectivity index (χ0) is 23.6. The first-order valence-electron chi connectivity index (χ1n) is 10.8. The normalized spacial score (nSPS) is 14.6. The van der Waals surface area contributed by atoms with E-state index in [-0.39, 0.29) is 18.3 Å². The molecule has 1 aliphatic heterocycles. The van der Waals surface area contributed by atoms with E-state index in [1.54, 1.807) is 6.08 Å². The second-order valence-electron chi connectivity index (χ2n) is 7.24. The summed E-state index contributed by atoms with van der Waals surface area (Å²) in [5, 5.41) is 0. The lowest BCUT2D eigenvalue weighted by atomic mass is 10.1. The summed E-state index contributed by atoms with van der Waals surface area (Å²) in [7, 11) is 1.35. The molecule has 1 amide bonds. The second kappa shape index (κ2) is 12.4. The number of hydrogen-bond donors (Lipinski definition) is 0. The highest BCUT2D eigenvalue weighted by Gasteiger charge is 2.31. The van der Waals surface area contributed by atoms with Gasteiger partial charge in [-0.1, -0.05) is 60.4 Å². The maximum atomic E-state index is 12.8. The van der Waals surface area contributed by atoms with Crippen LogP contribution in [0.15, 0.2) is 53.4 Å². The van der Waals surface area contributed by atoms with E-state index in [1.165, 1.54) is 29.3 Å². The number of hydrogen-bond acceptors (Lipinski definition) is 7. The highest BCUT2D eigenvalue weighted by Crippen LogP contribution is 2.35. The minimum Gasteiger partial charge on any atom is -0.490 e. The van der Waals surface area contributed by atoms with E-state index in [9.17, 15) is 9.59 Å². The van der Waals surface area contributed by atoms with Gasteiger partial charge in [0.25, 0.3) is 5.91 Å². The summed E-state index contributed by atoms with van der Waals surface area (Å²) in [6.45, 7) is 3.34. The number of ether oxygens (including phenoxy) is 3. The fraction of sp³-hybridized carbons (Fsp3) is 0.320. The third-order valence-electron chi connectivity index (χ3n) is 4.92. The molecule has 174 valence electrons. The standard InChI is InChI=1S/C25H27NO5S2/c1-3-30-21-16-19(11-12-20(21)31-15-13-18-8-5-4-6-9-18)17-22-24(28)26(25(32)33-22)14-7-10-23(27)29-2/h4-6,8-9,11-12,16-17H,3,7,10,13-15H2,1-2H3/b22-17-. The van der Waals surface area contributed by atoms with Crippen LogP contribution in [-0.4, -0.2) is 48.0 Å². The number of carbonyl (C=O) groups excluding carboxylic acids is 2. The fourth-order valence-electron chi connectivity index (χ4n) is 3.25. The number of methoxy groups -OCH3 is 1. The van der Waals surface area contributed by atoms with E-state index < -0.39 is 0 Å². The lowest BCUT2D eigenvalue weighted by molar-refractivity contribution is -0.141. The van der Waals surface area contributed by atoms with Crippen LogP contribution < -0.4 is 9.47 Å². The molecule has 2 aromatic carbocycles. The van der Waals surface area contributed by atoms with Crippen molar-refractivity contribution < 1.29 is 23.8 Å². The lowest BCUT2D eigenvalue weighted by Gasteiger charge is -2.14. The van der Waals surface area contributed by atoms with Gasteiger partial charge in [-0.3, -0.25) is 14.5 Å². The smallest absolute Gasteiger partial charge is 0.305 e. The van der Waals surface area contributed by atoms with Crippen molar-refractivity contribution in [2.24, 2.45) is 0 Å². The minimum absolute atomic E-state index is 0.156. The summed E-state index contributed by atoms with van der Waals surface area (Å²) < 4.78 is 16.9. The number of nitrogens with zero attached hydrogens (tertiary/aromatic N) is 1. The Labute approximate surface area is 203 Å². The van der Waals surface area contributed by atoms with Crippen molar-refractivity contribution in [2.75, 3.05) is 26.9 Å². The summed E-state index contributed by atoms with van der Waals surface area (Å²) in [6, 6.07) is 15.8. The van der Waals surface area contributed by atoms with Crippen LogP contribution in [0, 0.1) is 0 Å². The molecule has 0 spiro atoms. The molecule has 1 aliphatic rings. The number of esters is 1. The van der Waals surface area contributed by atoms with Gasteiger partial charge in [0.15, 0.2) is 11.5 Å². The Kier molecular flexibility index (Phi) is 9.33. The maximum absolute atomic E-state index is 12.8. The largest absolute Gasteiger partial charge is 0.490 e. The fourth-order valence-corrected chi connectivity index (χ4v) is 4.56. The Bertz CT molecular complexity index is 1020. The van der Waals surface area contributed by atoms with Crippen LogP contribution in [-0.2, 0) is 20.7 Å². The van der Waals surface area contributed by atoms with Gasteiger partial charge in [0.1, 0.15) is 4.32 Å². The molecular weight excluding hydrogens is 458 g/mol. The molecular formula is C25H27NO5S2. The van der Waals surface area contributed by atoms with Gasteiger partial charge >= 0.3 is 5.97 Å². The van der Waals surface area contributed by atoms with Crippen molar-refractivity contribution in [3.05, 3.63) is 64.6 Å². The van der Waals surface area contributed by atoms with Crippen molar-refractivity contribution in [1.82, 2.24) is 4.90 Å². The van der Waals surface area contributed by atoms with Gasteiger partial charge in [0.05, 0.1) is 25.2 Å². The third kappa shape index (κ3) is 7.07. The Balaban J connectivity index is 1.66. The SMILES string of the molecule is CCOc1cc(/C=C2\SC(=S)N(CCCC(=O)OC)C2=O)ccc1OCCc1ccccc1. The first-order chi connectivity index (χ1) is 16.0. The van der Waals surface area contributed by atoms with Crippen molar-refractivity contribution in [3.63, 3.8) is 0 Å². The van der Waals surface area contributed by atoms with Crippen molar-refractivity contribution in [1.29, 1.82) is 0 Å². The molecule has 0 aliphatic carbocycles. The van der Waals surface area contributed by atoms with Crippen molar-refractivity contribution in [3.8, 4) is 11.5 Å². The minimum atomic E-state index is -0.300.